The number of hydrogen-bond acceptors (Lipinski definition) is 4. The molecule has 0 atom stereocenters. The molecule has 2 aromatic carbocycles. The molecule has 0 saturated heterocycles. The van der Waals surface area contributed by atoms with Crippen LogP contribution in [0.25, 0.3) is 0 Å². The number of hydrogen-bond donors (Lipinski definition) is 1. The van der Waals surface area contributed by atoms with E-state index >= 15 is 0 Å². The zero-order valence-electron chi connectivity index (χ0n) is 10.5. The Morgan fingerprint density at radius 3 is 2.60 bits per heavy atom. The number of rotatable bonds is 3. The highest BCUT2D eigenvalue weighted by Crippen LogP contribution is 2.23. The maximum atomic E-state index is 11.9. The molecule has 20 heavy (non-hydrogen) atoms. The minimum absolute atomic E-state index is 0.108. The first-order valence-corrected chi connectivity index (χ1v) is 6.20. The average molecular weight is 287 g/mol. The zero-order valence-corrected chi connectivity index (χ0v) is 11.2. The molecule has 2 N–H and O–H groups in total. The molecule has 0 radical (unpaired) electrons. The smallest absolute Gasteiger partial charge is 0.340 e. The lowest BCUT2D eigenvalue weighted by atomic mass is 10.1. The van der Waals surface area contributed by atoms with E-state index in [0.29, 0.717) is 10.6 Å². The van der Waals surface area contributed by atoms with Crippen LogP contribution in [0.15, 0.2) is 42.5 Å². The molecule has 0 aliphatic heterocycles. The fourth-order valence-corrected chi connectivity index (χ4v) is 1.79. The molecule has 100 valence electrons. The Hall–Kier alpha value is -2.51. The SMILES string of the molecule is N#Cc1ccc(COC(=O)c2cccc(Cl)c2N)cc1. The number of para-hydroxylation sites is 1. The lowest BCUT2D eigenvalue weighted by molar-refractivity contribution is 0.0474. The Labute approximate surface area is 121 Å². The van der Waals surface area contributed by atoms with Gasteiger partial charge < -0.3 is 10.5 Å². The zero-order chi connectivity index (χ0) is 14.5. The first-order chi connectivity index (χ1) is 9.61. The van der Waals surface area contributed by atoms with Crippen molar-refractivity contribution in [3.8, 4) is 6.07 Å². The van der Waals surface area contributed by atoms with Gasteiger partial charge in [-0.05, 0) is 29.8 Å². The van der Waals surface area contributed by atoms with Crippen molar-refractivity contribution in [2.24, 2.45) is 0 Å². The molecule has 0 aliphatic carbocycles. The highest BCUT2D eigenvalue weighted by molar-refractivity contribution is 6.33. The fraction of sp³-hybridized carbons (Fsp3) is 0.0667. The third-order valence-corrected chi connectivity index (χ3v) is 3.06. The number of benzene rings is 2. The predicted octanol–water partition coefficient (Wildman–Crippen LogP) is 3.15. The van der Waals surface area contributed by atoms with E-state index < -0.39 is 5.97 Å². The Balaban J connectivity index is 2.05. The van der Waals surface area contributed by atoms with E-state index in [0.717, 1.165) is 5.56 Å². The number of nitriles is 1. The van der Waals surface area contributed by atoms with Crippen molar-refractivity contribution in [3.63, 3.8) is 0 Å². The first kappa shape index (κ1) is 13.9. The van der Waals surface area contributed by atoms with Crippen LogP contribution in [0.5, 0.6) is 0 Å². The number of esters is 1. The van der Waals surface area contributed by atoms with Gasteiger partial charge in [-0.2, -0.15) is 5.26 Å². The first-order valence-electron chi connectivity index (χ1n) is 5.82. The topological polar surface area (TPSA) is 76.1 Å². The van der Waals surface area contributed by atoms with Crippen LogP contribution >= 0.6 is 11.6 Å². The molecule has 5 heteroatoms. The summed E-state index contributed by atoms with van der Waals surface area (Å²) in [6.45, 7) is 0.108. The van der Waals surface area contributed by atoms with Crippen LogP contribution in [0.4, 0.5) is 5.69 Å². The van der Waals surface area contributed by atoms with E-state index in [2.05, 4.69) is 0 Å². The molecule has 4 nitrogen and oxygen atoms in total. The minimum Gasteiger partial charge on any atom is -0.457 e. The molecule has 0 aromatic heterocycles. The van der Waals surface area contributed by atoms with Crippen molar-refractivity contribution in [3.05, 3.63) is 64.2 Å². The number of ether oxygens (including phenoxy) is 1. The van der Waals surface area contributed by atoms with Gasteiger partial charge in [0.1, 0.15) is 6.61 Å². The molecule has 0 fully saturated rings. The average Bonchev–Trinajstić information content (AvgIpc) is 2.48. The largest absolute Gasteiger partial charge is 0.457 e. The molecule has 0 bridgehead atoms. The maximum Gasteiger partial charge on any atom is 0.340 e. The molecular formula is C15H11ClN2O2. The van der Waals surface area contributed by atoms with E-state index in [1.54, 1.807) is 42.5 Å². The van der Waals surface area contributed by atoms with Crippen molar-refractivity contribution in [2.75, 3.05) is 5.73 Å². The van der Waals surface area contributed by atoms with E-state index in [-0.39, 0.29) is 17.9 Å². The normalized spacial score (nSPS) is 9.80. The summed E-state index contributed by atoms with van der Waals surface area (Å²) in [5, 5.41) is 9.01. The van der Waals surface area contributed by atoms with Crippen LogP contribution in [0.2, 0.25) is 5.02 Å². The summed E-state index contributed by atoms with van der Waals surface area (Å²) in [5.41, 5.74) is 7.52. The maximum absolute atomic E-state index is 11.9. The Bertz CT molecular complexity index is 675. The molecule has 0 aliphatic rings. The van der Waals surface area contributed by atoms with Crippen molar-refractivity contribution < 1.29 is 9.53 Å². The number of carbonyl (C=O) groups excluding carboxylic acids is 1. The molecule has 0 spiro atoms. The molecule has 0 unspecified atom stereocenters. The number of halogens is 1. The third kappa shape index (κ3) is 3.08. The van der Waals surface area contributed by atoms with Gasteiger partial charge in [-0.3, -0.25) is 0 Å². The molecular weight excluding hydrogens is 276 g/mol. The third-order valence-electron chi connectivity index (χ3n) is 2.73. The summed E-state index contributed by atoms with van der Waals surface area (Å²) in [6.07, 6.45) is 0. The number of nitrogen functional groups attached to an aromatic ring is 1. The van der Waals surface area contributed by atoms with Crippen molar-refractivity contribution in [2.45, 2.75) is 6.61 Å². The van der Waals surface area contributed by atoms with E-state index in [1.807, 2.05) is 6.07 Å². The van der Waals surface area contributed by atoms with Crippen LogP contribution in [-0.4, -0.2) is 5.97 Å². The van der Waals surface area contributed by atoms with Crippen molar-refractivity contribution in [1.29, 1.82) is 5.26 Å². The summed E-state index contributed by atoms with van der Waals surface area (Å²) < 4.78 is 5.16. The number of anilines is 1. The molecule has 2 rings (SSSR count). The molecule has 0 heterocycles. The second-order valence-corrected chi connectivity index (χ2v) is 4.49. The number of nitrogens with two attached hydrogens (primary N) is 1. The quantitative estimate of drug-likeness (QED) is 0.694. The van der Waals surface area contributed by atoms with E-state index in [1.165, 1.54) is 0 Å². The summed E-state index contributed by atoms with van der Waals surface area (Å²) in [5.74, 6) is -0.533. The second-order valence-electron chi connectivity index (χ2n) is 4.09. The van der Waals surface area contributed by atoms with Gasteiger partial charge in [-0.25, -0.2) is 4.79 Å². The van der Waals surface area contributed by atoms with Crippen LogP contribution in [0.1, 0.15) is 21.5 Å². The van der Waals surface area contributed by atoms with E-state index in [9.17, 15) is 4.79 Å². The van der Waals surface area contributed by atoms with Gasteiger partial charge in [0, 0.05) is 0 Å². The highest BCUT2D eigenvalue weighted by atomic mass is 35.5. The van der Waals surface area contributed by atoms with Crippen LogP contribution < -0.4 is 5.73 Å². The second kappa shape index (κ2) is 6.09. The van der Waals surface area contributed by atoms with E-state index in [4.69, 9.17) is 27.3 Å². The molecule has 2 aromatic rings. The van der Waals surface area contributed by atoms with Gasteiger partial charge in [-0.15, -0.1) is 0 Å². The molecule has 0 saturated carbocycles. The Kier molecular flexibility index (Phi) is 4.24. The summed E-state index contributed by atoms with van der Waals surface area (Å²) in [6, 6.07) is 13.6. The van der Waals surface area contributed by atoms with Crippen LogP contribution in [0, 0.1) is 11.3 Å². The number of carbonyl (C=O) groups is 1. The van der Waals surface area contributed by atoms with Crippen LogP contribution in [0.3, 0.4) is 0 Å². The molecule has 0 amide bonds. The van der Waals surface area contributed by atoms with Gasteiger partial charge >= 0.3 is 5.97 Å². The van der Waals surface area contributed by atoms with Crippen molar-refractivity contribution in [1.82, 2.24) is 0 Å². The number of nitrogens with zero attached hydrogens (tertiary/aromatic N) is 1. The van der Waals surface area contributed by atoms with Gasteiger partial charge in [0.2, 0.25) is 0 Å². The fourth-order valence-electron chi connectivity index (χ4n) is 1.62. The van der Waals surface area contributed by atoms with Gasteiger partial charge in [0.15, 0.2) is 0 Å². The van der Waals surface area contributed by atoms with Gasteiger partial charge in [-0.1, -0.05) is 29.8 Å². The Morgan fingerprint density at radius 2 is 1.95 bits per heavy atom. The summed E-state index contributed by atoms with van der Waals surface area (Å²) in [7, 11) is 0. The summed E-state index contributed by atoms with van der Waals surface area (Å²) in [4.78, 5) is 11.9. The predicted molar refractivity (Wildman–Crippen MR) is 76.1 cm³/mol. The Morgan fingerprint density at radius 1 is 1.25 bits per heavy atom. The van der Waals surface area contributed by atoms with Crippen LogP contribution in [-0.2, 0) is 11.3 Å². The summed E-state index contributed by atoms with van der Waals surface area (Å²) >= 11 is 5.85. The van der Waals surface area contributed by atoms with Gasteiger partial charge in [0.05, 0.1) is 27.9 Å². The standard InChI is InChI=1S/C15H11ClN2O2/c16-13-3-1-2-12(14(13)18)15(19)20-9-11-6-4-10(8-17)5-7-11/h1-7H,9,18H2. The van der Waals surface area contributed by atoms with Gasteiger partial charge in [0.25, 0.3) is 0 Å². The highest BCUT2D eigenvalue weighted by Gasteiger charge is 2.13. The lowest BCUT2D eigenvalue weighted by Crippen LogP contribution is -2.08. The van der Waals surface area contributed by atoms with Crippen molar-refractivity contribution >= 4 is 23.3 Å². The monoisotopic (exact) mass is 286 g/mol. The lowest BCUT2D eigenvalue weighted by Gasteiger charge is -2.08. The minimum atomic E-state index is -0.533.